The van der Waals surface area contributed by atoms with E-state index in [2.05, 4.69) is 76.6 Å². The number of anilines is 1. The molecule has 3 aromatic heterocycles. The molecule has 31 heavy (non-hydrogen) atoms. The third-order valence-corrected chi connectivity index (χ3v) is 6.92. The molecule has 0 aliphatic carbocycles. The second kappa shape index (κ2) is 8.31. The minimum absolute atomic E-state index is 0.797. The molecule has 0 atom stereocenters. The Labute approximate surface area is 184 Å². The van der Waals surface area contributed by atoms with Gasteiger partial charge in [0.1, 0.15) is 5.82 Å². The average molecular weight is 414 g/mol. The summed E-state index contributed by atoms with van der Waals surface area (Å²) in [4.78, 5) is 14.0. The maximum atomic E-state index is 4.78. The van der Waals surface area contributed by atoms with E-state index in [1.54, 1.807) is 0 Å². The first kappa shape index (κ1) is 20.0. The quantitative estimate of drug-likeness (QED) is 0.429. The third kappa shape index (κ3) is 3.68. The van der Waals surface area contributed by atoms with E-state index < -0.39 is 0 Å². The lowest BCUT2D eigenvalue weighted by molar-refractivity contribution is 0.257. The minimum Gasteiger partial charge on any atom is -0.356 e. The van der Waals surface area contributed by atoms with Gasteiger partial charge in [-0.2, -0.15) is 0 Å². The molecule has 1 saturated heterocycles. The van der Waals surface area contributed by atoms with E-state index in [0.29, 0.717) is 0 Å². The summed E-state index contributed by atoms with van der Waals surface area (Å²) in [7, 11) is 2.12. The second-order valence-electron chi connectivity index (χ2n) is 8.68. The van der Waals surface area contributed by atoms with E-state index in [-0.39, 0.29) is 0 Å². The summed E-state index contributed by atoms with van der Waals surface area (Å²) in [6.45, 7) is 10.3. The van der Waals surface area contributed by atoms with Gasteiger partial charge in [-0.05, 0) is 61.8 Å². The standard InChI is InChI=1S/C26H31N5/c1-4-30(5-2)13-11-19-17-31(18-19)26-9-7-21(15-28-26)20-6-8-22-23-16-27-12-10-24(23)29(3)25(22)14-20/h6-10,12,14-16,19H,4-5,11,13,17-18H2,1-3H3. The molecule has 0 bridgehead atoms. The molecule has 0 amide bonds. The van der Waals surface area contributed by atoms with Crippen LogP contribution in [0.2, 0.25) is 0 Å². The Morgan fingerprint density at radius 1 is 0.935 bits per heavy atom. The van der Waals surface area contributed by atoms with Gasteiger partial charge < -0.3 is 14.4 Å². The number of hydrogen-bond donors (Lipinski definition) is 0. The Balaban J connectivity index is 1.29. The second-order valence-corrected chi connectivity index (χ2v) is 8.68. The first-order chi connectivity index (χ1) is 15.2. The molecule has 5 heteroatoms. The van der Waals surface area contributed by atoms with E-state index in [0.717, 1.165) is 43.5 Å². The highest BCUT2D eigenvalue weighted by Gasteiger charge is 2.27. The molecule has 1 fully saturated rings. The van der Waals surface area contributed by atoms with Crippen LogP contribution in [0.1, 0.15) is 20.3 Å². The van der Waals surface area contributed by atoms with Crippen molar-refractivity contribution in [2.24, 2.45) is 13.0 Å². The molecule has 160 valence electrons. The summed E-state index contributed by atoms with van der Waals surface area (Å²) in [5.41, 5.74) is 4.80. The van der Waals surface area contributed by atoms with Crippen molar-refractivity contribution in [1.29, 1.82) is 0 Å². The largest absolute Gasteiger partial charge is 0.356 e. The van der Waals surface area contributed by atoms with Crippen LogP contribution in [0.5, 0.6) is 0 Å². The number of hydrogen-bond acceptors (Lipinski definition) is 4. The van der Waals surface area contributed by atoms with Gasteiger partial charge in [-0.3, -0.25) is 4.98 Å². The van der Waals surface area contributed by atoms with Crippen LogP contribution in [0, 0.1) is 5.92 Å². The van der Waals surface area contributed by atoms with Crippen LogP contribution >= 0.6 is 0 Å². The SMILES string of the molecule is CCN(CC)CCC1CN(c2ccc(-c3ccc4c5cnccc5n(C)c4c3)cn2)C1. The van der Waals surface area contributed by atoms with Crippen LogP contribution in [0.4, 0.5) is 5.82 Å². The van der Waals surface area contributed by atoms with Gasteiger partial charge in [-0.15, -0.1) is 0 Å². The lowest BCUT2D eigenvalue weighted by Crippen LogP contribution is -2.48. The molecule has 5 nitrogen and oxygen atoms in total. The maximum absolute atomic E-state index is 4.78. The van der Waals surface area contributed by atoms with Crippen molar-refractivity contribution in [1.82, 2.24) is 19.4 Å². The Morgan fingerprint density at radius 2 is 1.74 bits per heavy atom. The van der Waals surface area contributed by atoms with Gasteiger partial charge in [0, 0.05) is 60.6 Å². The average Bonchev–Trinajstić information content (AvgIpc) is 3.08. The molecule has 0 spiro atoms. The summed E-state index contributed by atoms with van der Waals surface area (Å²) in [6, 6.07) is 13.1. The van der Waals surface area contributed by atoms with Crippen LogP contribution in [0.25, 0.3) is 32.9 Å². The fraction of sp³-hybridized carbons (Fsp3) is 0.385. The predicted molar refractivity (Wildman–Crippen MR) is 130 cm³/mol. The zero-order valence-corrected chi connectivity index (χ0v) is 18.8. The van der Waals surface area contributed by atoms with Gasteiger partial charge >= 0.3 is 0 Å². The summed E-state index contributed by atoms with van der Waals surface area (Å²) >= 11 is 0. The molecule has 5 rings (SSSR count). The molecule has 0 saturated carbocycles. The third-order valence-electron chi connectivity index (χ3n) is 6.92. The highest BCUT2D eigenvalue weighted by Crippen LogP contribution is 2.32. The topological polar surface area (TPSA) is 37.2 Å². The van der Waals surface area contributed by atoms with E-state index >= 15 is 0 Å². The first-order valence-electron chi connectivity index (χ1n) is 11.4. The normalized spacial score (nSPS) is 14.6. The van der Waals surface area contributed by atoms with Crippen LogP contribution in [0.15, 0.2) is 55.0 Å². The molecule has 1 aliphatic heterocycles. The Hall–Kier alpha value is -2.92. The summed E-state index contributed by atoms with van der Waals surface area (Å²) in [5, 5.41) is 2.45. The highest BCUT2D eigenvalue weighted by atomic mass is 15.2. The van der Waals surface area contributed by atoms with Crippen molar-refractivity contribution < 1.29 is 0 Å². The van der Waals surface area contributed by atoms with Crippen LogP contribution in [-0.4, -0.2) is 52.2 Å². The van der Waals surface area contributed by atoms with E-state index in [1.807, 2.05) is 18.6 Å². The van der Waals surface area contributed by atoms with Crippen molar-refractivity contribution in [2.75, 3.05) is 37.6 Å². The zero-order valence-electron chi connectivity index (χ0n) is 18.8. The fourth-order valence-electron chi connectivity index (χ4n) is 4.82. The number of rotatable bonds is 7. The van der Waals surface area contributed by atoms with Gasteiger partial charge in [0.05, 0.1) is 5.52 Å². The summed E-state index contributed by atoms with van der Waals surface area (Å²) in [5.74, 6) is 1.89. The smallest absolute Gasteiger partial charge is 0.128 e. The molecule has 0 N–H and O–H groups in total. The van der Waals surface area contributed by atoms with Crippen molar-refractivity contribution >= 4 is 27.6 Å². The molecular weight excluding hydrogens is 382 g/mol. The number of aromatic nitrogens is 3. The van der Waals surface area contributed by atoms with Crippen LogP contribution < -0.4 is 4.90 Å². The predicted octanol–water partition coefficient (Wildman–Crippen LogP) is 4.96. The lowest BCUT2D eigenvalue weighted by atomic mass is 9.96. The monoisotopic (exact) mass is 413 g/mol. The minimum atomic E-state index is 0.797. The van der Waals surface area contributed by atoms with Gasteiger partial charge in [-0.1, -0.05) is 26.0 Å². The molecule has 1 aromatic carbocycles. The zero-order chi connectivity index (χ0) is 21.4. The van der Waals surface area contributed by atoms with Crippen LogP contribution in [0.3, 0.4) is 0 Å². The number of fused-ring (bicyclic) bond motifs is 3. The highest BCUT2D eigenvalue weighted by molar-refractivity contribution is 6.08. The summed E-state index contributed by atoms with van der Waals surface area (Å²) in [6.07, 6.45) is 7.12. The van der Waals surface area contributed by atoms with E-state index in [4.69, 9.17) is 4.98 Å². The molecule has 4 aromatic rings. The van der Waals surface area contributed by atoms with Crippen molar-refractivity contribution in [3.63, 3.8) is 0 Å². The summed E-state index contributed by atoms with van der Waals surface area (Å²) < 4.78 is 2.25. The van der Waals surface area contributed by atoms with Crippen LogP contribution in [-0.2, 0) is 7.05 Å². The first-order valence-corrected chi connectivity index (χ1v) is 11.4. The van der Waals surface area contributed by atoms with Gasteiger partial charge in [-0.25, -0.2) is 4.98 Å². The number of nitrogens with zero attached hydrogens (tertiary/aromatic N) is 5. The van der Waals surface area contributed by atoms with E-state index in [9.17, 15) is 0 Å². The number of aryl methyl sites for hydroxylation is 1. The van der Waals surface area contributed by atoms with Gasteiger partial charge in [0.15, 0.2) is 0 Å². The van der Waals surface area contributed by atoms with Crippen molar-refractivity contribution in [2.45, 2.75) is 20.3 Å². The van der Waals surface area contributed by atoms with Gasteiger partial charge in [0.2, 0.25) is 0 Å². The molecular formula is C26H31N5. The van der Waals surface area contributed by atoms with E-state index in [1.165, 1.54) is 40.3 Å². The van der Waals surface area contributed by atoms with Crippen molar-refractivity contribution in [3.05, 3.63) is 55.0 Å². The fourth-order valence-corrected chi connectivity index (χ4v) is 4.82. The Bertz CT molecular complexity index is 1180. The molecule has 4 heterocycles. The van der Waals surface area contributed by atoms with Crippen molar-refractivity contribution in [3.8, 4) is 11.1 Å². The number of benzene rings is 1. The Kier molecular flexibility index (Phi) is 5.36. The molecule has 1 aliphatic rings. The van der Waals surface area contributed by atoms with Gasteiger partial charge in [0.25, 0.3) is 0 Å². The lowest BCUT2D eigenvalue weighted by Gasteiger charge is -2.41. The molecule has 0 radical (unpaired) electrons. The number of pyridine rings is 2. The maximum Gasteiger partial charge on any atom is 0.128 e. The molecule has 0 unspecified atom stereocenters. The Morgan fingerprint density at radius 3 is 2.48 bits per heavy atom.